The highest BCUT2D eigenvalue weighted by molar-refractivity contribution is 5.98. The third-order valence-corrected chi connectivity index (χ3v) is 5.99. The smallest absolute Gasteiger partial charge is 0.167 e. The Labute approximate surface area is 198 Å². The Bertz CT molecular complexity index is 1550. The second-order valence-electron chi connectivity index (χ2n) is 8.45. The van der Waals surface area contributed by atoms with E-state index in [2.05, 4.69) is 40.9 Å². The number of Topliss-reactive ketones (excluding diaryl/α,β-unsaturated/α-hetero) is 1. The molecule has 0 N–H and O–H groups in total. The summed E-state index contributed by atoms with van der Waals surface area (Å²) >= 11 is 0. The molecule has 5 rings (SSSR count). The standard InChI is InChI=1S/C29H24N4O/c1-21-6-8-25(17-24(21)10-11-27-18-31-29-5-3-4-13-33(27)29)28(34)16-23-7-9-26(22(2)15-23)19-32-14-12-30-20-32/h3-9,12-15,17-18,20H,16,19H2,1-2H3. The van der Waals surface area contributed by atoms with Crippen LogP contribution in [0.25, 0.3) is 5.65 Å². The highest BCUT2D eigenvalue weighted by Crippen LogP contribution is 2.17. The first-order valence-electron chi connectivity index (χ1n) is 11.2. The fourth-order valence-electron chi connectivity index (χ4n) is 4.00. The molecule has 5 aromatic rings. The molecule has 0 saturated carbocycles. The average Bonchev–Trinajstić information content (AvgIpc) is 3.50. The topological polar surface area (TPSA) is 52.2 Å². The maximum atomic E-state index is 13.1. The number of hydrogen-bond donors (Lipinski definition) is 0. The molecule has 2 aromatic carbocycles. The fraction of sp³-hybridized carbons (Fsp3) is 0.138. The van der Waals surface area contributed by atoms with Gasteiger partial charge in [-0.05, 0) is 60.2 Å². The second kappa shape index (κ2) is 9.21. The van der Waals surface area contributed by atoms with Crippen LogP contribution in [0.1, 0.15) is 43.9 Å². The zero-order valence-corrected chi connectivity index (χ0v) is 19.2. The van der Waals surface area contributed by atoms with Crippen LogP contribution in [0, 0.1) is 25.7 Å². The number of pyridine rings is 1. The summed E-state index contributed by atoms with van der Waals surface area (Å²) in [6.45, 7) is 4.86. The highest BCUT2D eigenvalue weighted by atomic mass is 16.1. The lowest BCUT2D eigenvalue weighted by atomic mass is 9.97. The van der Waals surface area contributed by atoms with Crippen molar-refractivity contribution in [2.24, 2.45) is 0 Å². The van der Waals surface area contributed by atoms with Crippen molar-refractivity contribution < 1.29 is 4.79 Å². The van der Waals surface area contributed by atoms with Gasteiger partial charge in [0.15, 0.2) is 5.78 Å². The van der Waals surface area contributed by atoms with Crippen molar-refractivity contribution in [3.63, 3.8) is 0 Å². The van der Waals surface area contributed by atoms with E-state index < -0.39 is 0 Å². The summed E-state index contributed by atoms with van der Waals surface area (Å²) in [6, 6.07) is 17.8. The summed E-state index contributed by atoms with van der Waals surface area (Å²) in [4.78, 5) is 21.5. The number of aryl methyl sites for hydroxylation is 2. The van der Waals surface area contributed by atoms with Crippen LogP contribution in [0.2, 0.25) is 0 Å². The molecule has 3 aromatic heterocycles. The van der Waals surface area contributed by atoms with E-state index in [4.69, 9.17) is 0 Å². The number of ketones is 1. The lowest BCUT2D eigenvalue weighted by molar-refractivity contribution is 0.0993. The van der Waals surface area contributed by atoms with Crippen LogP contribution in [0.4, 0.5) is 0 Å². The van der Waals surface area contributed by atoms with E-state index in [1.54, 1.807) is 12.4 Å². The maximum absolute atomic E-state index is 13.1. The summed E-state index contributed by atoms with van der Waals surface area (Å²) in [6.07, 6.45) is 9.61. The molecule has 5 heteroatoms. The monoisotopic (exact) mass is 444 g/mol. The van der Waals surface area contributed by atoms with E-state index in [-0.39, 0.29) is 5.78 Å². The molecule has 5 nitrogen and oxygen atoms in total. The summed E-state index contributed by atoms with van der Waals surface area (Å²) in [7, 11) is 0. The molecule has 0 bridgehead atoms. The van der Waals surface area contributed by atoms with Gasteiger partial charge in [0.25, 0.3) is 0 Å². The van der Waals surface area contributed by atoms with Crippen LogP contribution < -0.4 is 0 Å². The van der Waals surface area contributed by atoms with Crippen molar-refractivity contribution in [2.75, 3.05) is 0 Å². The quantitative estimate of drug-likeness (QED) is 0.283. The predicted molar refractivity (Wildman–Crippen MR) is 133 cm³/mol. The lowest BCUT2D eigenvalue weighted by Crippen LogP contribution is -2.06. The van der Waals surface area contributed by atoms with Gasteiger partial charge in [-0.25, -0.2) is 9.97 Å². The molecule has 0 radical (unpaired) electrons. The Hall–Kier alpha value is -4.43. The number of aromatic nitrogens is 4. The van der Waals surface area contributed by atoms with E-state index >= 15 is 0 Å². The molecular weight excluding hydrogens is 420 g/mol. The van der Waals surface area contributed by atoms with Gasteiger partial charge < -0.3 is 4.57 Å². The number of rotatable bonds is 5. The van der Waals surface area contributed by atoms with E-state index in [1.807, 2.05) is 77.1 Å². The van der Waals surface area contributed by atoms with Gasteiger partial charge in [-0.1, -0.05) is 42.3 Å². The maximum Gasteiger partial charge on any atom is 0.167 e. The molecule has 0 saturated heterocycles. The van der Waals surface area contributed by atoms with Gasteiger partial charge >= 0.3 is 0 Å². The van der Waals surface area contributed by atoms with E-state index in [1.165, 1.54) is 11.1 Å². The SMILES string of the molecule is Cc1ccc(C(=O)Cc2ccc(Cn3ccnc3)c(C)c2)cc1C#Cc1cnc2ccccn12. The summed E-state index contributed by atoms with van der Waals surface area (Å²) < 4.78 is 3.99. The first kappa shape index (κ1) is 21.4. The van der Waals surface area contributed by atoms with Crippen molar-refractivity contribution >= 4 is 11.4 Å². The fourth-order valence-corrected chi connectivity index (χ4v) is 4.00. The van der Waals surface area contributed by atoms with Gasteiger partial charge in [0.2, 0.25) is 0 Å². The number of fused-ring (bicyclic) bond motifs is 1. The Balaban J connectivity index is 1.34. The van der Waals surface area contributed by atoms with Crippen molar-refractivity contribution in [3.8, 4) is 11.8 Å². The lowest BCUT2D eigenvalue weighted by Gasteiger charge is -2.10. The molecule has 166 valence electrons. The minimum Gasteiger partial charge on any atom is -0.333 e. The van der Waals surface area contributed by atoms with Crippen LogP contribution in [0.15, 0.2) is 85.7 Å². The van der Waals surface area contributed by atoms with Gasteiger partial charge in [-0.15, -0.1) is 0 Å². The van der Waals surface area contributed by atoms with Crippen molar-refractivity contribution in [1.82, 2.24) is 18.9 Å². The number of imidazole rings is 2. The van der Waals surface area contributed by atoms with E-state index in [0.29, 0.717) is 12.0 Å². The molecule has 0 spiro atoms. The molecule has 0 unspecified atom stereocenters. The molecular formula is C29H24N4O. The number of carbonyl (C=O) groups excluding carboxylic acids is 1. The first-order chi connectivity index (χ1) is 16.6. The van der Waals surface area contributed by atoms with Gasteiger partial charge in [0, 0.05) is 42.7 Å². The minimum absolute atomic E-state index is 0.0830. The molecule has 0 aliphatic carbocycles. The zero-order chi connectivity index (χ0) is 23.5. The van der Waals surface area contributed by atoms with Crippen LogP contribution in [0.5, 0.6) is 0 Å². The normalized spacial score (nSPS) is 10.8. The first-order valence-corrected chi connectivity index (χ1v) is 11.2. The number of hydrogen-bond acceptors (Lipinski definition) is 3. The predicted octanol–water partition coefficient (Wildman–Crippen LogP) is 5.02. The molecule has 0 aliphatic heterocycles. The third-order valence-electron chi connectivity index (χ3n) is 5.99. The highest BCUT2D eigenvalue weighted by Gasteiger charge is 2.10. The Morgan fingerprint density at radius 3 is 2.71 bits per heavy atom. The van der Waals surface area contributed by atoms with Gasteiger partial charge in [0.05, 0.1) is 12.5 Å². The number of nitrogens with zero attached hydrogens (tertiary/aromatic N) is 4. The van der Waals surface area contributed by atoms with Crippen LogP contribution in [0.3, 0.4) is 0 Å². The molecule has 0 amide bonds. The summed E-state index contributed by atoms with van der Waals surface area (Å²) in [5.74, 6) is 6.52. The largest absolute Gasteiger partial charge is 0.333 e. The van der Waals surface area contributed by atoms with E-state index in [0.717, 1.165) is 34.6 Å². The second-order valence-corrected chi connectivity index (χ2v) is 8.45. The van der Waals surface area contributed by atoms with Crippen LogP contribution >= 0.6 is 0 Å². The summed E-state index contributed by atoms with van der Waals surface area (Å²) in [5.41, 5.74) is 7.64. The summed E-state index contributed by atoms with van der Waals surface area (Å²) in [5, 5.41) is 0. The van der Waals surface area contributed by atoms with Gasteiger partial charge in [0.1, 0.15) is 11.3 Å². The Kier molecular flexibility index (Phi) is 5.80. The molecule has 3 heterocycles. The van der Waals surface area contributed by atoms with Crippen molar-refractivity contribution in [2.45, 2.75) is 26.8 Å². The molecule has 0 fully saturated rings. The average molecular weight is 445 g/mol. The molecule has 34 heavy (non-hydrogen) atoms. The number of benzene rings is 2. The van der Waals surface area contributed by atoms with Crippen LogP contribution in [-0.2, 0) is 13.0 Å². The van der Waals surface area contributed by atoms with E-state index in [9.17, 15) is 4.79 Å². The van der Waals surface area contributed by atoms with Gasteiger partial charge in [-0.2, -0.15) is 0 Å². The molecule has 0 aliphatic rings. The van der Waals surface area contributed by atoms with Crippen molar-refractivity contribution in [1.29, 1.82) is 0 Å². The molecule has 0 atom stereocenters. The van der Waals surface area contributed by atoms with Gasteiger partial charge in [-0.3, -0.25) is 9.20 Å². The Morgan fingerprint density at radius 2 is 1.88 bits per heavy atom. The zero-order valence-electron chi connectivity index (χ0n) is 19.2. The van der Waals surface area contributed by atoms with Crippen LogP contribution in [-0.4, -0.2) is 24.7 Å². The minimum atomic E-state index is 0.0830. The third kappa shape index (κ3) is 4.53. The van der Waals surface area contributed by atoms with Crippen molar-refractivity contribution in [3.05, 3.63) is 125 Å². The number of carbonyl (C=O) groups is 1. The Morgan fingerprint density at radius 1 is 0.971 bits per heavy atom.